The minimum atomic E-state index is -0.515. The molecule has 0 aliphatic carbocycles. The van der Waals surface area contributed by atoms with Crippen LogP contribution >= 0.6 is 0 Å². The Kier molecular flexibility index (Phi) is 4.84. The Bertz CT molecular complexity index is 422. The molecule has 0 amide bonds. The fourth-order valence-corrected chi connectivity index (χ4v) is 1.64. The van der Waals surface area contributed by atoms with Crippen LogP contribution in [-0.2, 0) is 22.6 Å². The van der Waals surface area contributed by atoms with Gasteiger partial charge in [0.2, 0.25) is 0 Å². The molecule has 0 unspecified atom stereocenters. The van der Waals surface area contributed by atoms with Crippen molar-refractivity contribution < 1.29 is 19.0 Å². The summed E-state index contributed by atoms with van der Waals surface area (Å²) in [6.45, 7) is 5.03. The van der Waals surface area contributed by atoms with Gasteiger partial charge in [0, 0.05) is 12.0 Å². The molecule has 18 heavy (non-hydrogen) atoms. The van der Waals surface area contributed by atoms with Crippen molar-refractivity contribution in [1.82, 2.24) is 0 Å². The predicted octanol–water partition coefficient (Wildman–Crippen LogP) is 2.59. The fourth-order valence-electron chi connectivity index (χ4n) is 1.64. The van der Waals surface area contributed by atoms with E-state index in [-0.39, 0.29) is 24.6 Å². The van der Waals surface area contributed by atoms with E-state index >= 15 is 0 Å². The smallest absolute Gasteiger partial charge is 0.306 e. The summed E-state index contributed by atoms with van der Waals surface area (Å²) in [5.41, 5.74) is 0.378. The normalized spacial score (nSPS) is 11.4. The van der Waals surface area contributed by atoms with Gasteiger partial charge in [-0.2, -0.15) is 0 Å². The van der Waals surface area contributed by atoms with Crippen LogP contribution in [0.1, 0.15) is 38.3 Å². The second kappa shape index (κ2) is 5.96. The molecular formula is C14H19FO3. The molecule has 0 bridgehead atoms. The number of ether oxygens (including phenoxy) is 1. The molecule has 1 N–H and O–H groups in total. The lowest BCUT2D eigenvalue weighted by Gasteiger charge is -2.19. The van der Waals surface area contributed by atoms with E-state index in [4.69, 9.17) is 9.84 Å². The number of hydrogen-bond donors (Lipinski definition) is 1. The van der Waals surface area contributed by atoms with Crippen molar-refractivity contribution in [1.29, 1.82) is 0 Å². The van der Waals surface area contributed by atoms with Gasteiger partial charge in [-0.05, 0) is 38.8 Å². The van der Waals surface area contributed by atoms with Gasteiger partial charge in [-0.3, -0.25) is 4.79 Å². The molecule has 0 atom stereocenters. The lowest BCUT2D eigenvalue weighted by Crippen LogP contribution is -2.24. The molecule has 1 aromatic carbocycles. The largest absolute Gasteiger partial charge is 0.460 e. The quantitative estimate of drug-likeness (QED) is 0.840. The average Bonchev–Trinajstić information content (AvgIpc) is 2.24. The van der Waals surface area contributed by atoms with E-state index in [1.807, 2.05) is 0 Å². The van der Waals surface area contributed by atoms with Gasteiger partial charge in [0.1, 0.15) is 11.4 Å². The first-order valence-electron chi connectivity index (χ1n) is 5.92. The van der Waals surface area contributed by atoms with Crippen LogP contribution in [0.25, 0.3) is 0 Å². The van der Waals surface area contributed by atoms with Crippen LogP contribution in [0, 0.1) is 5.82 Å². The number of halogens is 1. The third-order valence-corrected chi connectivity index (χ3v) is 2.39. The Morgan fingerprint density at radius 1 is 1.39 bits per heavy atom. The highest BCUT2D eigenvalue weighted by Crippen LogP contribution is 2.16. The van der Waals surface area contributed by atoms with Crippen molar-refractivity contribution in [2.45, 2.75) is 45.8 Å². The third kappa shape index (κ3) is 4.45. The highest BCUT2D eigenvalue weighted by Gasteiger charge is 2.16. The molecule has 3 nitrogen and oxygen atoms in total. The molecule has 0 heterocycles. The number of esters is 1. The molecule has 1 rings (SSSR count). The van der Waals surface area contributed by atoms with E-state index in [2.05, 4.69) is 0 Å². The van der Waals surface area contributed by atoms with E-state index in [9.17, 15) is 9.18 Å². The minimum absolute atomic E-state index is 0.174. The van der Waals surface area contributed by atoms with Gasteiger partial charge >= 0.3 is 5.97 Å². The molecule has 0 saturated carbocycles. The number of carbonyl (C=O) groups excluding carboxylic acids is 1. The maximum Gasteiger partial charge on any atom is 0.306 e. The van der Waals surface area contributed by atoms with Crippen molar-refractivity contribution in [3.05, 3.63) is 35.1 Å². The summed E-state index contributed by atoms with van der Waals surface area (Å²) in [4.78, 5) is 11.5. The van der Waals surface area contributed by atoms with Crippen LogP contribution in [0.4, 0.5) is 4.39 Å². The Morgan fingerprint density at radius 3 is 2.61 bits per heavy atom. The number of aryl methyl sites for hydroxylation is 1. The Labute approximate surface area is 107 Å². The van der Waals surface area contributed by atoms with Crippen LogP contribution in [0.5, 0.6) is 0 Å². The lowest BCUT2D eigenvalue weighted by molar-refractivity contribution is -0.154. The van der Waals surface area contributed by atoms with Crippen molar-refractivity contribution in [3.63, 3.8) is 0 Å². The van der Waals surface area contributed by atoms with E-state index < -0.39 is 11.4 Å². The number of carbonyl (C=O) groups is 1. The molecule has 1 aromatic rings. The van der Waals surface area contributed by atoms with Crippen molar-refractivity contribution in [3.8, 4) is 0 Å². The number of benzene rings is 1. The first-order chi connectivity index (χ1) is 8.33. The highest BCUT2D eigenvalue weighted by molar-refractivity contribution is 5.70. The average molecular weight is 254 g/mol. The molecule has 0 radical (unpaired) electrons. The van der Waals surface area contributed by atoms with Gasteiger partial charge < -0.3 is 9.84 Å². The molecule has 0 aliphatic rings. The fraction of sp³-hybridized carbons (Fsp3) is 0.500. The van der Waals surface area contributed by atoms with Crippen molar-refractivity contribution in [2.75, 3.05) is 0 Å². The molecule has 0 saturated heterocycles. The summed E-state index contributed by atoms with van der Waals surface area (Å²) >= 11 is 0. The maximum atomic E-state index is 13.4. The summed E-state index contributed by atoms with van der Waals surface area (Å²) in [6, 6.07) is 4.57. The van der Waals surface area contributed by atoms with Crippen molar-refractivity contribution >= 4 is 5.97 Å². The van der Waals surface area contributed by atoms with Crippen molar-refractivity contribution in [2.24, 2.45) is 0 Å². The topological polar surface area (TPSA) is 46.5 Å². The summed E-state index contributed by atoms with van der Waals surface area (Å²) < 4.78 is 18.5. The zero-order valence-corrected chi connectivity index (χ0v) is 11.0. The van der Waals surface area contributed by atoms with Gasteiger partial charge in [0.15, 0.2) is 0 Å². The summed E-state index contributed by atoms with van der Waals surface area (Å²) in [6.07, 6.45) is 0.538. The van der Waals surface area contributed by atoms with Crippen LogP contribution in [-0.4, -0.2) is 16.7 Å². The molecular weight excluding hydrogens is 235 g/mol. The summed E-state index contributed by atoms with van der Waals surface area (Å²) in [5.74, 6) is -0.769. The second-order valence-corrected chi connectivity index (χ2v) is 5.12. The second-order valence-electron chi connectivity index (χ2n) is 5.12. The monoisotopic (exact) mass is 254 g/mol. The number of aliphatic hydroxyl groups excluding tert-OH is 1. The summed E-state index contributed by atoms with van der Waals surface area (Å²) in [7, 11) is 0. The zero-order chi connectivity index (χ0) is 13.8. The van der Waals surface area contributed by atoms with E-state index in [0.29, 0.717) is 12.0 Å². The van der Waals surface area contributed by atoms with Gasteiger partial charge in [-0.25, -0.2) is 4.39 Å². The highest BCUT2D eigenvalue weighted by atomic mass is 19.1. The van der Waals surface area contributed by atoms with Gasteiger partial charge in [-0.15, -0.1) is 0 Å². The van der Waals surface area contributed by atoms with Crippen LogP contribution in [0.3, 0.4) is 0 Å². The standard InChI is InChI=1S/C14H19FO3/c1-14(2,3)18-13(17)8-7-10-5-4-6-12(15)11(10)9-16/h4-6,16H,7-9H2,1-3H3. The number of hydrogen-bond acceptors (Lipinski definition) is 3. The van der Waals surface area contributed by atoms with E-state index in [0.717, 1.165) is 0 Å². The SMILES string of the molecule is CC(C)(C)OC(=O)CCc1cccc(F)c1CO. The molecule has 0 fully saturated rings. The number of aliphatic hydroxyl groups is 1. The number of rotatable bonds is 4. The Balaban J connectivity index is 2.64. The Hall–Kier alpha value is -1.42. The first-order valence-corrected chi connectivity index (χ1v) is 5.92. The molecule has 0 aromatic heterocycles. The molecule has 100 valence electrons. The predicted molar refractivity (Wildman–Crippen MR) is 66.5 cm³/mol. The zero-order valence-electron chi connectivity index (χ0n) is 11.0. The van der Waals surface area contributed by atoms with Gasteiger partial charge in [0.05, 0.1) is 6.61 Å². The Morgan fingerprint density at radius 2 is 2.06 bits per heavy atom. The third-order valence-electron chi connectivity index (χ3n) is 2.39. The maximum absolute atomic E-state index is 13.4. The molecule has 4 heteroatoms. The van der Waals surface area contributed by atoms with Crippen LogP contribution < -0.4 is 0 Å². The molecule has 0 aliphatic heterocycles. The van der Waals surface area contributed by atoms with Crippen LogP contribution in [0.15, 0.2) is 18.2 Å². The van der Waals surface area contributed by atoms with Crippen LogP contribution in [0.2, 0.25) is 0 Å². The minimum Gasteiger partial charge on any atom is -0.460 e. The van der Waals surface area contributed by atoms with Gasteiger partial charge in [-0.1, -0.05) is 12.1 Å². The first kappa shape index (κ1) is 14.6. The van der Waals surface area contributed by atoms with E-state index in [1.54, 1.807) is 32.9 Å². The summed E-state index contributed by atoms with van der Waals surface area (Å²) in [5, 5.41) is 9.09. The van der Waals surface area contributed by atoms with Gasteiger partial charge in [0.25, 0.3) is 0 Å². The lowest BCUT2D eigenvalue weighted by atomic mass is 10.0. The molecule has 0 spiro atoms. The van der Waals surface area contributed by atoms with E-state index in [1.165, 1.54) is 6.07 Å².